The number of carbonyl (C=O) groups is 1. The quantitative estimate of drug-likeness (QED) is 0.756. The minimum atomic E-state index is -0.246. The number of hydrogen-bond donors (Lipinski definition) is 2. The topological polar surface area (TPSA) is 71.5 Å². The summed E-state index contributed by atoms with van der Waals surface area (Å²) < 4.78 is 4.98. The van der Waals surface area contributed by atoms with Crippen molar-refractivity contribution in [3.05, 3.63) is 23.9 Å². The highest BCUT2D eigenvalue weighted by molar-refractivity contribution is 5.90. The van der Waals surface area contributed by atoms with Gasteiger partial charge in [-0.1, -0.05) is 12.0 Å². The van der Waals surface area contributed by atoms with Crippen LogP contribution in [-0.2, 0) is 9.53 Å². The molecule has 0 bridgehead atoms. The first-order valence-corrected chi connectivity index (χ1v) is 5.70. The standard InChI is InChI=1S/C13H16N2O3/c1-2-18-10-13(17)15-12-8-5-7-11(14-12)6-3-4-9-16/h5,7-8,16H,2,4,9-10H2,1H3,(H,14,15,17). The number of aliphatic hydroxyl groups excluding tert-OH is 1. The molecule has 0 fully saturated rings. The molecular formula is C13H16N2O3. The smallest absolute Gasteiger partial charge is 0.251 e. The van der Waals surface area contributed by atoms with Crippen LogP contribution in [0.5, 0.6) is 0 Å². The van der Waals surface area contributed by atoms with Gasteiger partial charge in [-0.05, 0) is 25.0 Å². The number of hydrogen-bond acceptors (Lipinski definition) is 4. The highest BCUT2D eigenvalue weighted by atomic mass is 16.5. The van der Waals surface area contributed by atoms with Crippen LogP contribution < -0.4 is 5.32 Å². The van der Waals surface area contributed by atoms with Crippen LogP contribution in [-0.4, -0.2) is 35.8 Å². The van der Waals surface area contributed by atoms with E-state index in [1.54, 1.807) is 18.2 Å². The second-order valence-electron chi connectivity index (χ2n) is 3.37. The summed E-state index contributed by atoms with van der Waals surface area (Å²) in [5.74, 6) is 5.76. The summed E-state index contributed by atoms with van der Waals surface area (Å²) in [6.07, 6.45) is 0.405. The van der Waals surface area contributed by atoms with Crippen LogP contribution in [0.1, 0.15) is 19.0 Å². The number of nitrogens with zero attached hydrogens (tertiary/aromatic N) is 1. The van der Waals surface area contributed by atoms with Crippen molar-refractivity contribution in [1.29, 1.82) is 0 Å². The first-order valence-electron chi connectivity index (χ1n) is 5.70. The largest absolute Gasteiger partial charge is 0.395 e. The number of pyridine rings is 1. The third-order valence-corrected chi connectivity index (χ3v) is 1.91. The van der Waals surface area contributed by atoms with Crippen molar-refractivity contribution in [2.45, 2.75) is 13.3 Å². The maximum absolute atomic E-state index is 11.4. The van der Waals surface area contributed by atoms with Crippen molar-refractivity contribution < 1.29 is 14.6 Å². The summed E-state index contributed by atoms with van der Waals surface area (Å²) in [7, 11) is 0. The monoisotopic (exact) mass is 248 g/mol. The van der Waals surface area contributed by atoms with Gasteiger partial charge < -0.3 is 15.2 Å². The fourth-order valence-corrected chi connectivity index (χ4v) is 1.16. The molecule has 1 heterocycles. The van der Waals surface area contributed by atoms with E-state index in [1.807, 2.05) is 6.92 Å². The Bertz CT molecular complexity index is 449. The lowest BCUT2D eigenvalue weighted by Gasteiger charge is -2.04. The maximum Gasteiger partial charge on any atom is 0.251 e. The fourth-order valence-electron chi connectivity index (χ4n) is 1.16. The van der Waals surface area contributed by atoms with Gasteiger partial charge in [-0.3, -0.25) is 4.79 Å². The first-order chi connectivity index (χ1) is 8.76. The molecule has 1 amide bonds. The highest BCUT2D eigenvalue weighted by Gasteiger charge is 2.02. The molecule has 5 heteroatoms. The molecule has 0 aromatic carbocycles. The number of anilines is 1. The van der Waals surface area contributed by atoms with Gasteiger partial charge in [0, 0.05) is 13.0 Å². The first kappa shape index (κ1) is 14.2. The van der Waals surface area contributed by atoms with Crippen LogP contribution in [0, 0.1) is 11.8 Å². The van der Waals surface area contributed by atoms with Gasteiger partial charge in [0.2, 0.25) is 0 Å². The highest BCUT2D eigenvalue weighted by Crippen LogP contribution is 2.03. The van der Waals surface area contributed by atoms with Crippen LogP contribution in [0.2, 0.25) is 0 Å². The van der Waals surface area contributed by atoms with E-state index >= 15 is 0 Å². The molecule has 0 atom stereocenters. The maximum atomic E-state index is 11.4. The van der Waals surface area contributed by atoms with Crippen molar-refractivity contribution in [1.82, 2.24) is 4.98 Å². The summed E-state index contributed by atoms with van der Waals surface area (Å²) in [4.78, 5) is 15.5. The molecule has 1 rings (SSSR count). The molecule has 18 heavy (non-hydrogen) atoms. The summed E-state index contributed by atoms with van der Waals surface area (Å²) in [6, 6.07) is 5.18. The van der Waals surface area contributed by atoms with Crippen molar-refractivity contribution in [2.75, 3.05) is 25.1 Å². The van der Waals surface area contributed by atoms with Gasteiger partial charge in [0.15, 0.2) is 0 Å². The minimum Gasteiger partial charge on any atom is -0.395 e. The Labute approximate surface area is 106 Å². The second kappa shape index (κ2) is 8.23. The molecule has 0 saturated carbocycles. The van der Waals surface area contributed by atoms with Crippen molar-refractivity contribution in [2.24, 2.45) is 0 Å². The van der Waals surface area contributed by atoms with E-state index in [-0.39, 0.29) is 19.1 Å². The Morgan fingerprint density at radius 3 is 3.11 bits per heavy atom. The number of aromatic nitrogens is 1. The Balaban J connectivity index is 2.60. The molecule has 0 aliphatic heterocycles. The van der Waals surface area contributed by atoms with Gasteiger partial charge in [-0.2, -0.15) is 0 Å². The number of rotatable bonds is 5. The average Bonchev–Trinajstić information content (AvgIpc) is 2.37. The van der Waals surface area contributed by atoms with E-state index in [2.05, 4.69) is 22.1 Å². The molecule has 0 radical (unpaired) electrons. The Morgan fingerprint density at radius 1 is 1.56 bits per heavy atom. The molecule has 2 N–H and O–H groups in total. The molecular weight excluding hydrogens is 232 g/mol. The molecule has 0 unspecified atom stereocenters. The van der Waals surface area contributed by atoms with Gasteiger partial charge in [0.1, 0.15) is 18.1 Å². The van der Waals surface area contributed by atoms with E-state index in [0.717, 1.165) is 0 Å². The van der Waals surface area contributed by atoms with E-state index < -0.39 is 0 Å². The lowest BCUT2D eigenvalue weighted by atomic mass is 10.3. The normalized spacial score (nSPS) is 9.44. The van der Waals surface area contributed by atoms with Gasteiger partial charge in [-0.25, -0.2) is 4.98 Å². The molecule has 0 saturated heterocycles. The Kier molecular flexibility index (Phi) is 6.47. The van der Waals surface area contributed by atoms with E-state index in [0.29, 0.717) is 24.5 Å². The molecule has 96 valence electrons. The molecule has 5 nitrogen and oxygen atoms in total. The average molecular weight is 248 g/mol. The minimum absolute atomic E-state index is 0.0125. The van der Waals surface area contributed by atoms with Crippen molar-refractivity contribution in [3.8, 4) is 11.8 Å². The summed E-state index contributed by atoms with van der Waals surface area (Å²) in [5.41, 5.74) is 0.553. The zero-order valence-corrected chi connectivity index (χ0v) is 10.3. The predicted octanol–water partition coefficient (Wildman–Crippen LogP) is 0.790. The zero-order chi connectivity index (χ0) is 13.2. The van der Waals surface area contributed by atoms with Gasteiger partial charge in [-0.15, -0.1) is 0 Å². The lowest BCUT2D eigenvalue weighted by molar-refractivity contribution is -0.120. The van der Waals surface area contributed by atoms with Gasteiger partial charge in [0.05, 0.1) is 6.61 Å². The fraction of sp³-hybridized carbons (Fsp3) is 0.385. The number of carbonyl (C=O) groups excluding carboxylic acids is 1. The third-order valence-electron chi connectivity index (χ3n) is 1.91. The predicted molar refractivity (Wildman–Crippen MR) is 67.9 cm³/mol. The Hall–Kier alpha value is -1.90. The van der Waals surface area contributed by atoms with Crippen LogP contribution in [0.3, 0.4) is 0 Å². The van der Waals surface area contributed by atoms with Crippen LogP contribution in [0.15, 0.2) is 18.2 Å². The number of aliphatic hydroxyl groups is 1. The summed E-state index contributed by atoms with van der Waals surface area (Å²) in [6.45, 7) is 2.35. The van der Waals surface area contributed by atoms with Gasteiger partial charge in [0.25, 0.3) is 5.91 Å². The summed E-state index contributed by atoms with van der Waals surface area (Å²) >= 11 is 0. The van der Waals surface area contributed by atoms with Crippen LogP contribution >= 0.6 is 0 Å². The number of amides is 1. The van der Waals surface area contributed by atoms with Crippen molar-refractivity contribution in [3.63, 3.8) is 0 Å². The van der Waals surface area contributed by atoms with Gasteiger partial charge >= 0.3 is 0 Å². The number of ether oxygens (including phenoxy) is 1. The molecule has 1 aromatic heterocycles. The molecule has 0 aliphatic carbocycles. The third kappa shape index (κ3) is 5.43. The lowest BCUT2D eigenvalue weighted by Crippen LogP contribution is -2.19. The molecule has 0 spiro atoms. The SMILES string of the molecule is CCOCC(=O)Nc1cccc(C#CCCO)n1. The number of nitrogens with one attached hydrogen (secondary N) is 1. The van der Waals surface area contributed by atoms with Crippen molar-refractivity contribution >= 4 is 11.7 Å². The summed E-state index contributed by atoms with van der Waals surface area (Å²) in [5, 5.41) is 11.2. The van der Waals surface area contributed by atoms with Crippen LogP contribution in [0.4, 0.5) is 5.82 Å². The zero-order valence-electron chi connectivity index (χ0n) is 10.3. The van der Waals surface area contributed by atoms with E-state index in [9.17, 15) is 4.79 Å². The van der Waals surface area contributed by atoms with E-state index in [4.69, 9.17) is 9.84 Å². The Morgan fingerprint density at radius 2 is 2.39 bits per heavy atom. The van der Waals surface area contributed by atoms with E-state index in [1.165, 1.54) is 0 Å². The molecule has 0 aliphatic rings. The second-order valence-corrected chi connectivity index (χ2v) is 3.37. The molecule has 1 aromatic rings. The van der Waals surface area contributed by atoms with Crippen LogP contribution in [0.25, 0.3) is 0 Å².